The highest BCUT2D eigenvalue weighted by molar-refractivity contribution is 9.10. The Hall–Kier alpha value is -0.540. The Morgan fingerprint density at radius 2 is 2.33 bits per heavy atom. The smallest absolute Gasteiger partial charge is 0.223 e. The molecule has 1 atom stereocenters. The van der Waals surface area contributed by atoms with Crippen LogP contribution >= 0.6 is 27.5 Å². The molecular weight excluding hydrogens is 314 g/mol. The molecule has 0 aliphatic carbocycles. The number of carbonyl (C=O) groups is 1. The van der Waals surface area contributed by atoms with Crippen LogP contribution < -0.4 is 0 Å². The van der Waals surface area contributed by atoms with Crippen LogP contribution in [0.15, 0.2) is 28.7 Å². The molecule has 1 amide bonds. The molecule has 1 saturated heterocycles. The van der Waals surface area contributed by atoms with Gasteiger partial charge in [0.25, 0.3) is 0 Å². The lowest BCUT2D eigenvalue weighted by Crippen LogP contribution is -2.30. The third-order valence-electron chi connectivity index (χ3n) is 3.33. The maximum absolute atomic E-state index is 12.1. The zero-order chi connectivity index (χ0) is 13.0. The molecule has 4 heteroatoms. The Kier molecular flexibility index (Phi) is 5.07. The summed E-state index contributed by atoms with van der Waals surface area (Å²) in [5.41, 5.74) is 1.22. The molecule has 1 heterocycles. The van der Waals surface area contributed by atoms with Gasteiger partial charge in [-0.15, -0.1) is 11.6 Å². The summed E-state index contributed by atoms with van der Waals surface area (Å²) in [6.45, 7) is 0.873. The van der Waals surface area contributed by atoms with Gasteiger partial charge in [0.1, 0.15) is 0 Å². The summed E-state index contributed by atoms with van der Waals surface area (Å²) >= 11 is 9.14. The van der Waals surface area contributed by atoms with E-state index in [0.29, 0.717) is 12.3 Å². The quantitative estimate of drug-likeness (QED) is 0.760. The Bertz CT molecular complexity index is 424. The Morgan fingerprint density at radius 1 is 1.50 bits per heavy atom. The Labute approximate surface area is 121 Å². The van der Waals surface area contributed by atoms with Crippen molar-refractivity contribution >= 4 is 33.4 Å². The summed E-state index contributed by atoms with van der Waals surface area (Å²) in [6, 6.07) is 8.49. The number of hydrogen-bond donors (Lipinski definition) is 0. The Balaban J connectivity index is 2.10. The average Bonchev–Trinajstić information content (AvgIpc) is 2.85. The number of carbonyl (C=O) groups excluding carboxylic acids is 1. The molecule has 0 spiro atoms. The molecule has 0 aromatic heterocycles. The van der Waals surface area contributed by atoms with E-state index < -0.39 is 0 Å². The van der Waals surface area contributed by atoms with E-state index in [9.17, 15) is 4.79 Å². The van der Waals surface area contributed by atoms with Gasteiger partial charge in [0.2, 0.25) is 5.91 Å². The summed E-state index contributed by atoms with van der Waals surface area (Å²) < 4.78 is 1.07. The summed E-state index contributed by atoms with van der Waals surface area (Å²) in [5, 5.41) is 0. The molecule has 1 aliphatic rings. The van der Waals surface area contributed by atoms with E-state index in [1.807, 2.05) is 17.0 Å². The summed E-state index contributed by atoms with van der Waals surface area (Å²) in [4.78, 5) is 14.1. The van der Waals surface area contributed by atoms with Crippen molar-refractivity contribution in [1.29, 1.82) is 0 Å². The highest BCUT2D eigenvalue weighted by Crippen LogP contribution is 2.33. The fraction of sp³-hybridized carbons (Fsp3) is 0.500. The minimum Gasteiger partial charge on any atom is -0.336 e. The molecule has 1 aromatic rings. The second-order valence-electron chi connectivity index (χ2n) is 4.59. The molecule has 98 valence electrons. The number of hydrogen-bond acceptors (Lipinski definition) is 1. The molecule has 0 saturated carbocycles. The molecule has 1 aliphatic heterocycles. The van der Waals surface area contributed by atoms with Crippen molar-refractivity contribution in [3.63, 3.8) is 0 Å². The van der Waals surface area contributed by atoms with Gasteiger partial charge in [-0.25, -0.2) is 0 Å². The normalized spacial score (nSPS) is 19.2. The van der Waals surface area contributed by atoms with E-state index in [2.05, 4.69) is 28.1 Å². The largest absolute Gasteiger partial charge is 0.336 e. The van der Waals surface area contributed by atoms with E-state index in [4.69, 9.17) is 11.6 Å². The standard InChI is InChI=1S/C14H17BrClNO/c15-12-5-1-4-11(10-12)13-6-3-9-17(13)14(18)7-2-8-16/h1,4-5,10,13H,2-3,6-9H2. The number of likely N-dealkylation sites (tertiary alicyclic amines) is 1. The van der Waals surface area contributed by atoms with Crippen molar-refractivity contribution in [2.45, 2.75) is 31.7 Å². The third kappa shape index (κ3) is 3.27. The zero-order valence-corrected chi connectivity index (χ0v) is 12.6. The van der Waals surface area contributed by atoms with Crippen molar-refractivity contribution in [3.8, 4) is 0 Å². The van der Waals surface area contributed by atoms with Gasteiger partial charge in [-0.1, -0.05) is 28.1 Å². The SMILES string of the molecule is O=C(CCCCl)N1CCCC1c1cccc(Br)c1. The van der Waals surface area contributed by atoms with Crippen LogP contribution in [0.25, 0.3) is 0 Å². The predicted octanol–water partition coefficient (Wildman–Crippen LogP) is 4.13. The first-order valence-electron chi connectivity index (χ1n) is 6.33. The Morgan fingerprint density at radius 3 is 3.06 bits per heavy atom. The second-order valence-corrected chi connectivity index (χ2v) is 5.89. The van der Waals surface area contributed by atoms with Crippen molar-refractivity contribution in [2.75, 3.05) is 12.4 Å². The average molecular weight is 331 g/mol. The minimum absolute atomic E-state index is 0.234. The molecule has 2 nitrogen and oxygen atoms in total. The predicted molar refractivity (Wildman–Crippen MR) is 77.8 cm³/mol. The molecule has 2 rings (SSSR count). The monoisotopic (exact) mass is 329 g/mol. The third-order valence-corrected chi connectivity index (χ3v) is 4.09. The van der Waals surface area contributed by atoms with Gasteiger partial charge in [-0.3, -0.25) is 4.79 Å². The van der Waals surface area contributed by atoms with E-state index in [-0.39, 0.29) is 11.9 Å². The van der Waals surface area contributed by atoms with E-state index in [1.54, 1.807) is 0 Å². The topological polar surface area (TPSA) is 20.3 Å². The molecule has 1 aromatic carbocycles. The molecule has 1 fully saturated rings. The number of halogens is 2. The van der Waals surface area contributed by atoms with Crippen molar-refractivity contribution in [3.05, 3.63) is 34.3 Å². The summed E-state index contributed by atoms with van der Waals surface area (Å²) in [6.07, 6.45) is 3.48. The zero-order valence-electron chi connectivity index (χ0n) is 10.2. The lowest BCUT2D eigenvalue weighted by Gasteiger charge is -2.25. The van der Waals surface area contributed by atoms with Gasteiger partial charge >= 0.3 is 0 Å². The first-order valence-corrected chi connectivity index (χ1v) is 7.66. The number of nitrogens with zero attached hydrogens (tertiary/aromatic N) is 1. The minimum atomic E-state index is 0.234. The second kappa shape index (κ2) is 6.58. The molecule has 0 radical (unpaired) electrons. The van der Waals surface area contributed by atoms with Crippen LogP contribution in [0, 0.1) is 0 Å². The van der Waals surface area contributed by atoms with Crippen LogP contribution in [0.1, 0.15) is 37.3 Å². The molecule has 0 bridgehead atoms. The lowest BCUT2D eigenvalue weighted by molar-refractivity contribution is -0.132. The molecular formula is C14H17BrClNO. The van der Waals surface area contributed by atoms with Crippen LogP contribution in [0.2, 0.25) is 0 Å². The summed E-state index contributed by atoms with van der Waals surface area (Å²) in [7, 11) is 0. The summed E-state index contributed by atoms with van der Waals surface area (Å²) in [5.74, 6) is 0.791. The van der Waals surface area contributed by atoms with Gasteiger partial charge in [0.05, 0.1) is 6.04 Å². The number of alkyl halides is 1. The van der Waals surface area contributed by atoms with E-state index in [1.165, 1.54) is 5.56 Å². The van der Waals surface area contributed by atoms with Crippen molar-refractivity contribution in [2.24, 2.45) is 0 Å². The maximum Gasteiger partial charge on any atom is 0.223 e. The first-order chi connectivity index (χ1) is 8.72. The van der Waals surface area contributed by atoms with Crippen LogP contribution in [-0.2, 0) is 4.79 Å². The van der Waals surface area contributed by atoms with E-state index >= 15 is 0 Å². The van der Waals surface area contributed by atoms with Crippen LogP contribution in [0.3, 0.4) is 0 Å². The maximum atomic E-state index is 12.1. The van der Waals surface area contributed by atoms with E-state index in [0.717, 1.165) is 30.3 Å². The molecule has 1 unspecified atom stereocenters. The highest BCUT2D eigenvalue weighted by atomic mass is 79.9. The lowest BCUT2D eigenvalue weighted by atomic mass is 10.0. The van der Waals surface area contributed by atoms with Gasteiger partial charge in [0, 0.05) is 23.3 Å². The van der Waals surface area contributed by atoms with Gasteiger partial charge in [0.15, 0.2) is 0 Å². The number of amides is 1. The number of benzene rings is 1. The van der Waals surface area contributed by atoms with Gasteiger partial charge < -0.3 is 4.90 Å². The van der Waals surface area contributed by atoms with Crippen LogP contribution in [0.4, 0.5) is 0 Å². The first kappa shape index (κ1) is 13.9. The van der Waals surface area contributed by atoms with Crippen LogP contribution in [0.5, 0.6) is 0 Å². The van der Waals surface area contributed by atoms with Gasteiger partial charge in [-0.2, -0.15) is 0 Å². The van der Waals surface area contributed by atoms with Crippen molar-refractivity contribution in [1.82, 2.24) is 4.90 Å². The van der Waals surface area contributed by atoms with Crippen molar-refractivity contribution < 1.29 is 4.79 Å². The fourth-order valence-electron chi connectivity index (χ4n) is 2.49. The number of rotatable bonds is 4. The highest BCUT2D eigenvalue weighted by Gasteiger charge is 2.29. The molecule has 0 N–H and O–H groups in total. The molecule has 18 heavy (non-hydrogen) atoms. The fourth-order valence-corrected chi connectivity index (χ4v) is 3.04. The van der Waals surface area contributed by atoms with Gasteiger partial charge in [-0.05, 0) is 37.0 Å². The van der Waals surface area contributed by atoms with Crippen LogP contribution in [-0.4, -0.2) is 23.2 Å².